The number of hydrogen-bond donors (Lipinski definition) is 1. The maximum Gasteiger partial charge on any atom is 0.322 e. The molecule has 88 valence electrons. The number of hydrogen-bond acceptors (Lipinski definition) is 5. The topological polar surface area (TPSA) is 65.2 Å². The number of esters is 1. The molecule has 1 aromatic heterocycles. The Hall–Kier alpha value is -1.07. The van der Waals surface area contributed by atoms with E-state index in [1.165, 1.54) is 12.7 Å². The lowest BCUT2D eigenvalue weighted by Gasteiger charge is -2.08. The molecular weight excluding hydrogens is 224 g/mol. The van der Waals surface area contributed by atoms with E-state index in [9.17, 15) is 4.79 Å². The molecule has 5 heteroatoms. The minimum absolute atomic E-state index is 0.345. The van der Waals surface area contributed by atoms with Gasteiger partial charge in [0, 0.05) is 18.1 Å². The van der Waals surface area contributed by atoms with Crippen LogP contribution in [0.4, 0.5) is 0 Å². The molecule has 1 atom stereocenters. The van der Waals surface area contributed by atoms with Gasteiger partial charge in [-0.05, 0) is 23.8 Å². The van der Waals surface area contributed by atoms with Crippen LogP contribution in [0.15, 0.2) is 24.5 Å². The summed E-state index contributed by atoms with van der Waals surface area (Å²) >= 11 is 1.73. The van der Waals surface area contributed by atoms with Gasteiger partial charge in [-0.2, -0.15) is 11.8 Å². The fourth-order valence-corrected chi connectivity index (χ4v) is 2.12. The summed E-state index contributed by atoms with van der Waals surface area (Å²) in [5, 5.41) is 0. The minimum atomic E-state index is -0.508. The largest absolute Gasteiger partial charge is 0.468 e. The van der Waals surface area contributed by atoms with E-state index >= 15 is 0 Å². The molecule has 16 heavy (non-hydrogen) atoms. The van der Waals surface area contributed by atoms with Crippen molar-refractivity contribution < 1.29 is 9.53 Å². The summed E-state index contributed by atoms with van der Waals surface area (Å²) in [4.78, 5) is 15.0. The summed E-state index contributed by atoms with van der Waals surface area (Å²) in [5.74, 6) is 1.38. The average molecular weight is 240 g/mol. The molecule has 0 saturated carbocycles. The lowest BCUT2D eigenvalue weighted by atomic mass is 10.2. The van der Waals surface area contributed by atoms with Gasteiger partial charge in [-0.3, -0.25) is 9.78 Å². The smallest absolute Gasteiger partial charge is 0.322 e. The van der Waals surface area contributed by atoms with Gasteiger partial charge in [0.25, 0.3) is 0 Å². The van der Waals surface area contributed by atoms with Crippen molar-refractivity contribution in [3.63, 3.8) is 0 Å². The zero-order chi connectivity index (χ0) is 11.8. The Morgan fingerprint density at radius 1 is 1.69 bits per heavy atom. The van der Waals surface area contributed by atoms with Crippen molar-refractivity contribution >= 4 is 17.7 Å². The summed E-state index contributed by atoms with van der Waals surface area (Å²) in [6, 6.07) is 3.43. The molecule has 2 N–H and O–H groups in total. The first-order valence-corrected chi connectivity index (χ1v) is 6.19. The van der Waals surface area contributed by atoms with Crippen molar-refractivity contribution in [2.24, 2.45) is 5.73 Å². The third kappa shape index (κ3) is 4.63. The maximum absolute atomic E-state index is 11.0. The standard InChI is InChI=1S/C11H16N2O2S/c1-15-11(14)10(12)4-6-16-8-9-3-2-5-13-7-9/h2-3,5,7,10H,4,6,8,12H2,1H3. The molecule has 4 nitrogen and oxygen atoms in total. The van der Waals surface area contributed by atoms with Crippen LogP contribution in [0.1, 0.15) is 12.0 Å². The van der Waals surface area contributed by atoms with Crippen LogP contribution in [0.2, 0.25) is 0 Å². The lowest BCUT2D eigenvalue weighted by molar-refractivity contribution is -0.142. The summed E-state index contributed by atoms with van der Waals surface area (Å²) in [5.41, 5.74) is 6.79. The Labute approximate surface area is 99.6 Å². The Kier molecular flexibility index (Phi) is 5.88. The second-order valence-electron chi connectivity index (χ2n) is 3.33. The lowest BCUT2D eigenvalue weighted by Crippen LogP contribution is -2.31. The van der Waals surface area contributed by atoms with E-state index in [-0.39, 0.29) is 5.97 Å². The first-order chi connectivity index (χ1) is 7.74. The number of nitrogens with zero attached hydrogens (tertiary/aromatic N) is 1. The number of rotatable bonds is 6. The van der Waals surface area contributed by atoms with E-state index in [0.717, 1.165) is 11.5 Å². The fourth-order valence-electron chi connectivity index (χ4n) is 1.15. The van der Waals surface area contributed by atoms with Gasteiger partial charge in [0.05, 0.1) is 7.11 Å². The normalized spacial score (nSPS) is 12.1. The number of ether oxygens (including phenoxy) is 1. The van der Waals surface area contributed by atoms with E-state index in [1.54, 1.807) is 18.0 Å². The van der Waals surface area contributed by atoms with Crippen molar-refractivity contribution in [2.75, 3.05) is 12.9 Å². The average Bonchev–Trinajstić information content (AvgIpc) is 2.34. The molecule has 1 aromatic rings. The molecule has 0 saturated heterocycles. The van der Waals surface area contributed by atoms with Gasteiger partial charge in [0.2, 0.25) is 0 Å². The summed E-state index contributed by atoms with van der Waals surface area (Å²) in [6.07, 6.45) is 4.23. The van der Waals surface area contributed by atoms with Crippen LogP contribution >= 0.6 is 11.8 Å². The van der Waals surface area contributed by atoms with E-state index < -0.39 is 6.04 Å². The summed E-state index contributed by atoms with van der Waals surface area (Å²) in [6.45, 7) is 0. The number of nitrogens with two attached hydrogens (primary N) is 1. The number of thioether (sulfide) groups is 1. The Morgan fingerprint density at radius 2 is 2.50 bits per heavy atom. The Morgan fingerprint density at radius 3 is 3.12 bits per heavy atom. The molecule has 0 radical (unpaired) electrons. The predicted molar refractivity (Wildman–Crippen MR) is 65.0 cm³/mol. The SMILES string of the molecule is COC(=O)C(N)CCSCc1cccnc1. The van der Waals surface area contributed by atoms with Gasteiger partial charge in [-0.25, -0.2) is 0 Å². The second kappa shape index (κ2) is 7.24. The molecule has 0 bridgehead atoms. The van der Waals surface area contributed by atoms with Gasteiger partial charge in [-0.1, -0.05) is 6.07 Å². The van der Waals surface area contributed by atoms with Crippen LogP contribution in [0.5, 0.6) is 0 Å². The third-order valence-electron chi connectivity index (χ3n) is 2.07. The fraction of sp³-hybridized carbons (Fsp3) is 0.455. The second-order valence-corrected chi connectivity index (χ2v) is 4.44. The van der Waals surface area contributed by atoms with Crippen LogP contribution in [-0.2, 0) is 15.3 Å². The Bertz CT molecular complexity index is 319. The zero-order valence-corrected chi connectivity index (χ0v) is 10.1. The molecule has 0 fully saturated rings. The van der Waals surface area contributed by atoms with Crippen molar-refractivity contribution in [1.82, 2.24) is 4.98 Å². The molecule has 0 amide bonds. The van der Waals surface area contributed by atoms with Gasteiger partial charge in [-0.15, -0.1) is 0 Å². The van der Waals surface area contributed by atoms with E-state index in [1.807, 2.05) is 18.3 Å². The van der Waals surface area contributed by atoms with Crippen LogP contribution in [0, 0.1) is 0 Å². The third-order valence-corrected chi connectivity index (χ3v) is 3.13. The highest BCUT2D eigenvalue weighted by Crippen LogP contribution is 2.12. The van der Waals surface area contributed by atoms with Gasteiger partial charge in [0.1, 0.15) is 6.04 Å². The van der Waals surface area contributed by atoms with Crippen molar-refractivity contribution in [3.05, 3.63) is 30.1 Å². The number of carbonyl (C=O) groups excluding carboxylic acids is 1. The number of carbonyl (C=O) groups is 1. The Balaban J connectivity index is 2.15. The first-order valence-electron chi connectivity index (χ1n) is 5.04. The summed E-state index contributed by atoms with van der Waals surface area (Å²) < 4.78 is 4.54. The molecule has 0 aliphatic carbocycles. The molecule has 0 spiro atoms. The van der Waals surface area contributed by atoms with Crippen molar-refractivity contribution in [1.29, 1.82) is 0 Å². The zero-order valence-electron chi connectivity index (χ0n) is 9.26. The molecule has 1 heterocycles. The van der Waals surface area contributed by atoms with Crippen LogP contribution < -0.4 is 5.73 Å². The number of methoxy groups -OCH3 is 1. The van der Waals surface area contributed by atoms with Gasteiger partial charge >= 0.3 is 5.97 Å². The van der Waals surface area contributed by atoms with Crippen LogP contribution in [-0.4, -0.2) is 29.9 Å². The van der Waals surface area contributed by atoms with Gasteiger partial charge < -0.3 is 10.5 Å². The number of pyridine rings is 1. The molecular formula is C11H16N2O2S. The molecule has 0 aliphatic heterocycles. The van der Waals surface area contributed by atoms with Gasteiger partial charge in [0.15, 0.2) is 0 Å². The highest BCUT2D eigenvalue weighted by atomic mass is 32.2. The predicted octanol–water partition coefficient (Wildman–Crippen LogP) is 1.21. The first kappa shape index (κ1) is 13.0. The van der Waals surface area contributed by atoms with Crippen molar-refractivity contribution in [2.45, 2.75) is 18.2 Å². The molecule has 1 rings (SSSR count). The molecule has 0 aliphatic rings. The van der Waals surface area contributed by atoms with Crippen molar-refractivity contribution in [3.8, 4) is 0 Å². The van der Waals surface area contributed by atoms with Crippen LogP contribution in [0.25, 0.3) is 0 Å². The monoisotopic (exact) mass is 240 g/mol. The number of aromatic nitrogens is 1. The van der Waals surface area contributed by atoms with E-state index in [0.29, 0.717) is 6.42 Å². The van der Waals surface area contributed by atoms with Crippen LogP contribution in [0.3, 0.4) is 0 Å². The highest BCUT2D eigenvalue weighted by Gasteiger charge is 2.12. The highest BCUT2D eigenvalue weighted by molar-refractivity contribution is 7.98. The summed E-state index contributed by atoms with van der Waals surface area (Å²) in [7, 11) is 1.35. The molecule has 0 aromatic carbocycles. The van der Waals surface area contributed by atoms with E-state index in [2.05, 4.69) is 9.72 Å². The molecule has 1 unspecified atom stereocenters. The van der Waals surface area contributed by atoms with E-state index in [4.69, 9.17) is 5.73 Å². The maximum atomic E-state index is 11.0. The minimum Gasteiger partial charge on any atom is -0.468 e. The quantitative estimate of drug-likeness (QED) is 0.598.